The van der Waals surface area contributed by atoms with E-state index in [0.29, 0.717) is 12.5 Å². The number of piperidine rings is 1. The number of carbonyl (C=O) groups is 1. The largest absolute Gasteiger partial charge is 0.379 e. The van der Waals surface area contributed by atoms with E-state index < -0.39 is 0 Å². The van der Waals surface area contributed by atoms with Gasteiger partial charge in [-0.15, -0.1) is 0 Å². The van der Waals surface area contributed by atoms with Crippen molar-refractivity contribution in [3.63, 3.8) is 0 Å². The van der Waals surface area contributed by atoms with Crippen LogP contribution in [-0.4, -0.2) is 61.1 Å². The maximum absolute atomic E-state index is 12.3. The van der Waals surface area contributed by atoms with Crippen LogP contribution in [0.4, 0.5) is 5.69 Å². The van der Waals surface area contributed by atoms with Gasteiger partial charge in [0.2, 0.25) is 5.91 Å². The van der Waals surface area contributed by atoms with Crippen molar-refractivity contribution < 1.29 is 9.53 Å². The molecule has 1 aromatic rings. The Labute approximate surface area is 157 Å². The number of benzene rings is 1. The second kappa shape index (κ2) is 10.0. The van der Waals surface area contributed by atoms with Gasteiger partial charge < -0.3 is 10.1 Å². The number of carbonyl (C=O) groups excluding carboxylic acids is 1. The van der Waals surface area contributed by atoms with Gasteiger partial charge in [0.15, 0.2) is 0 Å². The summed E-state index contributed by atoms with van der Waals surface area (Å²) in [4.78, 5) is 17.3. The molecule has 1 aromatic carbocycles. The number of morpholine rings is 1. The molecule has 5 heteroatoms. The van der Waals surface area contributed by atoms with Crippen LogP contribution in [0.5, 0.6) is 0 Å². The second-order valence-corrected chi connectivity index (χ2v) is 7.62. The quantitative estimate of drug-likeness (QED) is 0.812. The zero-order valence-electron chi connectivity index (χ0n) is 16.1. The van der Waals surface area contributed by atoms with E-state index in [1.54, 1.807) is 0 Å². The fourth-order valence-corrected chi connectivity index (χ4v) is 3.89. The molecule has 2 heterocycles. The third kappa shape index (κ3) is 6.08. The summed E-state index contributed by atoms with van der Waals surface area (Å²) < 4.78 is 5.40. The maximum Gasteiger partial charge on any atom is 0.224 e. The van der Waals surface area contributed by atoms with E-state index in [4.69, 9.17) is 4.74 Å². The number of ether oxygens (including phenoxy) is 1. The highest BCUT2D eigenvalue weighted by Gasteiger charge is 2.18. The lowest BCUT2D eigenvalue weighted by atomic mass is 10.1. The lowest BCUT2D eigenvalue weighted by molar-refractivity contribution is -0.116. The Bertz CT molecular complexity index is 566. The van der Waals surface area contributed by atoms with Crippen molar-refractivity contribution in [2.45, 2.75) is 51.6 Å². The zero-order chi connectivity index (χ0) is 18.2. The van der Waals surface area contributed by atoms with E-state index in [1.165, 1.54) is 37.9 Å². The number of nitrogens with zero attached hydrogens (tertiary/aromatic N) is 2. The Morgan fingerprint density at radius 1 is 1.15 bits per heavy atom. The predicted octanol–water partition coefficient (Wildman–Crippen LogP) is 3.11. The molecule has 0 spiro atoms. The molecule has 26 heavy (non-hydrogen) atoms. The standard InChI is InChI=1S/C21H33N3O2/c1-18(24-12-14-26-15-13-24)8-9-21(25)22-20-7-5-6-19(16-20)17-23-10-3-2-4-11-23/h5-7,16,18H,2-4,8-15,17H2,1H3,(H,22,25). The first-order valence-corrected chi connectivity index (χ1v) is 10.1. The molecule has 1 amide bonds. The van der Waals surface area contributed by atoms with E-state index >= 15 is 0 Å². The predicted molar refractivity (Wildman–Crippen MR) is 105 cm³/mol. The van der Waals surface area contributed by atoms with Crippen LogP contribution in [0.1, 0.15) is 44.6 Å². The smallest absolute Gasteiger partial charge is 0.224 e. The second-order valence-electron chi connectivity index (χ2n) is 7.62. The topological polar surface area (TPSA) is 44.8 Å². The average Bonchev–Trinajstić information content (AvgIpc) is 2.68. The summed E-state index contributed by atoms with van der Waals surface area (Å²) in [5.74, 6) is 0.111. The zero-order valence-corrected chi connectivity index (χ0v) is 16.1. The Hall–Kier alpha value is -1.43. The minimum Gasteiger partial charge on any atom is -0.379 e. The Balaban J connectivity index is 1.43. The van der Waals surface area contributed by atoms with Crippen LogP contribution < -0.4 is 5.32 Å². The van der Waals surface area contributed by atoms with E-state index in [1.807, 2.05) is 12.1 Å². The van der Waals surface area contributed by atoms with Crippen LogP contribution in [-0.2, 0) is 16.1 Å². The molecule has 2 saturated heterocycles. The molecule has 2 aliphatic heterocycles. The van der Waals surface area contributed by atoms with Crippen LogP contribution in [0.25, 0.3) is 0 Å². The molecule has 0 aromatic heterocycles. The third-order valence-corrected chi connectivity index (χ3v) is 5.52. The highest BCUT2D eigenvalue weighted by Crippen LogP contribution is 2.17. The molecular weight excluding hydrogens is 326 g/mol. The van der Waals surface area contributed by atoms with E-state index in [9.17, 15) is 4.79 Å². The third-order valence-electron chi connectivity index (χ3n) is 5.52. The number of rotatable bonds is 7. The van der Waals surface area contributed by atoms with Crippen LogP contribution in [0.2, 0.25) is 0 Å². The summed E-state index contributed by atoms with van der Waals surface area (Å²) in [5.41, 5.74) is 2.20. The SMILES string of the molecule is CC(CCC(=O)Nc1cccc(CN2CCCCC2)c1)N1CCOCC1. The minimum absolute atomic E-state index is 0.111. The number of likely N-dealkylation sites (tertiary alicyclic amines) is 1. The summed E-state index contributed by atoms with van der Waals surface area (Å²) in [6.07, 6.45) is 5.42. The monoisotopic (exact) mass is 359 g/mol. The van der Waals surface area contributed by atoms with Crippen LogP contribution in [0, 0.1) is 0 Å². The van der Waals surface area contributed by atoms with Crippen LogP contribution in [0.3, 0.4) is 0 Å². The molecule has 2 fully saturated rings. The molecule has 2 aliphatic rings. The Morgan fingerprint density at radius 3 is 2.69 bits per heavy atom. The lowest BCUT2D eigenvalue weighted by Gasteiger charge is -2.32. The van der Waals surface area contributed by atoms with Gasteiger partial charge in [0.25, 0.3) is 0 Å². The maximum atomic E-state index is 12.3. The molecule has 0 aliphatic carbocycles. The van der Waals surface area contributed by atoms with Crippen molar-refractivity contribution in [1.29, 1.82) is 0 Å². The number of hydrogen-bond donors (Lipinski definition) is 1. The summed E-state index contributed by atoms with van der Waals surface area (Å²) in [6, 6.07) is 8.74. The van der Waals surface area contributed by atoms with Gasteiger partial charge in [-0.05, 0) is 57.0 Å². The molecule has 5 nitrogen and oxygen atoms in total. The van der Waals surface area contributed by atoms with E-state index in [2.05, 4.69) is 34.2 Å². The van der Waals surface area contributed by atoms with Gasteiger partial charge in [-0.1, -0.05) is 18.6 Å². The van der Waals surface area contributed by atoms with Gasteiger partial charge in [-0.25, -0.2) is 0 Å². The summed E-state index contributed by atoms with van der Waals surface area (Å²) in [6.45, 7) is 9.13. The van der Waals surface area contributed by atoms with Crippen molar-refractivity contribution >= 4 is 11.6 Å². The molecule has 0 bridgehead atoms. The summed E-state index contributed by atoms with van der Waals surface area (Å²) in [5, 5.41) is 3.08. The number of anilines is 1. The normalized spacial score (nSPS) is 20.7. The number of nitrogens with one attached hydrogen (secondary N) is 1. The van der Waals surface area contributed by atoms with Gasteiger partial charge in [0.1, 0.15) is 0 Å². The van der Waals surface area contributed by atoms with E-state index in [-0.39, 0.29) is 5.91 Å². The molecule has 144 valence electrons. The Kier molecular flexibility index (Phi) is 7.47. The molecule has 1 unspecified atom stereocenters. The first-order valence-electron chi connectivity index (χ1n) is 10.1. The highest BCUT2D eigenvalue weighted by molar-refractivity contribution is 5.90. The lowest BCUT2D eigenvalue weighted by Crippen LogP contribution is -2.42. The van der Waals surface area contributed by atoms with Crippen molar-refractivity contribution in [2.24, 2.45) is 0 Å². The fourth-order valence-electron chi connectivity index (χ4n) is 3.89. The molecule has 1 N–H and O–H groups in total. The molecular formula is C21H33N3O2. The summed E-state index contributed by atoms with van der Waals surface area (Å²) >= 11 is 0. The summed E-state index contributed by atoms with van der Waals surface area (Å²) in [7, 11) is 0. The molecule has 0 saturated carbocycles. The van der Waals surface area contributed by atoms with Crippen molar-refractivity contribution in [2.75, 3.05) is 44.7 Å². The Morgan fingerprint density at radius 2 is 1.92 bits per heavy atom. The van der Waals surface area contributed by atoms with Gasteiger partial charge in [0.05, 0.1) is 13.2 Å². The molecule has 3 rings (SSSR count). The highest BCUT2D eigenvalue weighted by atomic mass is 16.5. The van der Waals surface area contributed by atoms with Gasteiger partial charge in [-0.2, -0.15) is 0 Å². The number of amides is 1. The molecule has 0 radical (unpaired) electrons. The van der Waals surface area contributed by atoms with Gasteiger partial charge >= 0.3 is 0 Å². The van der Waals surface area contributed by atoms with Gasteiger partial charge in [-0.3, -0.25) is 14.6 Å². The van der Waals surface area contributed by atoms with Crippen molar-refractivity contribution in [3.8, 4) is 0 Å². The van der Waals surface area contributed by atoms with Crippen molar-refractivity contribution in [1.82, 2.24) is 9.80 Å². The van der Waals surface area contributed by atoms with Gasteiger partial charge in [0, 0.05) is 37.8 Å². The average molecular weight is 360 g/mol. The fraction of sp³-hybridized carbons (Fsp3) is 0.667. The van der Waals surface area contributed by atoms with Crippen LogP contribution in [0.15, 0.2) is 24.3 Å². The van der Waals surface area contributed by atoms with Crippen LogP contribution >= 0.6 is 0 Å². The number of hydrogen-bond acceptors (Lipinski definition) is 4. The minimum atomic E-state index is 0.111. The van der Waals surface area contributed by atoms with E-state index in [0.717, 1.165) is 45.0 Å². The first-order chi connectivity index (χ1) is 12.7. The first kappa shape index (κ1) is 19.3. The molecule has 1 atom stereocenters. The van der Waals surface area contributed by atoms with Crippen molar-refractivity contribution in [3.05, 3.63) is 29.8 Å².